The molecule has 236 valence electrons. The topological polar surface area (TPSA) is 158 Å². The van der Waals surface area contributed by atoms with E-state index in [0.29, 0.717) is 6.42 Å². The molecule has 5 amide bonds. The molecule has 12 nitrogen and oxygen atoms in total. The van der Waals surface area contributed by atoms with Crippen molar-refractivity contribution in [3.63, 3.8) is 0 Å². The van der Waals surface area contributed by atoms with Gasteiger partial charge in [-0.05, 0) is 36.6 Å². The Bertz CT molecular complexity index is 1650. The second-order valence-corrected chi connectivity index (χ2v) is 10.8. The summed E-state index contributed by atoms with van der Waals surface area (Å²) in [4.78, 5) is 70.8. The zero-order chi connectivity index (χ0) is 32.3. The number of para-hydroxylation sites is 1. The van der Waals surface area contributed by atoms with Gasteiger partial charge in [0.2, 0.25) is 5.91 Å². The molecule has 0 radical (unpaired) electrons. The monoisotopic (exact) mass is 613 g/mol. The Hall–Kier alpha value is -5.26. The van der Waals surface area contributed by atoms with Gasteiger partial charge >= 0.3 is 11.8 Å². The predicted molar refractivity (Wildman–Crippen MR) is 169 cm³/mol. The molecule has 4 rings (SSSR count). The largest absolute Gasteiger partial charge is 0.361 e. The number of carbonyl (C=O) groups is 5. The average Bonchev–Trinajstić information content (AvgIpc) is 3.67. The van der Waals surface area contributed by atoms with Gasteiger partial charge in [-0.3, -0.25) is 33.6 Å². The number of hydrogen-bond donors (Lipinski definition) is 4. The molecule has 0 aliphatic carbocycles. The van der Waals surface area contributed by atoms with Crippen LogP contribution in [0.5, 0.6) is 0 Å². The Morgan fingerprint density at radius 1 is 0.956 bits per heavy atom. The number of rotatable bonds is 13. The molecule has 4 aromatic rings. The van der Waals surface area contributed by atoms with Gasteiger partial charge < -0.3 is 20.9 Å². The number of carbonyl (C=O) groups excluding carboxylic acids is 5. The van der Waals surface area contributed by atoms with Crippen LogP contribution < -0.4 is 16.0 Å². The fourth-order valence-corrected chi connectivity index (χ4v) is 4.95. The molecular formula is C33H39N7O5. The molecule has 4 N–H and O–H groups in total. The minimum absolute atomic E-state index is 0.0112. The number of aryl methyl sites for hydroxylation is 1. The third-order valence-corrected chi connectivity index (χ3v) is 7.49. The molecule has 0 bridgehead atoms. The van der Waals surface area contributed by atoms with E-state index < -0.39 is 41.6 Å². The molecule has 0 fully saturated rings. The first kappa shape index (κ1) is 32.6. The molecule has 12 heteroatoms. The van der Waals surface area contributed by atoms with E-state index in [9.17, 15) is 24.0 Å². The van der Waals surface area contributed by atoms with Gasteiger partial charge in [-0.2, -0.15) is 5.10 Å². The minimum atomic E-state index is -1.21. The number of fused-ring (bicyclic) bond motifs is 1. The van der Waals surface area contributed by atoms with Crippen molar-refractivity contribution in [2.45, 2.75) is 58.2 Å². The first-order chi connectivity index (χ1) is 21.7. The molecule has 0 aliphatic heterocycles. The van der Waals surface area contributed by atoms with Crippen LogP contribution in [0.3, 0.4) is 0 Å². The van der Waals surface area contributed by atoms with Crippen LogP contribution in [0, 0.1) is 0 Å². The van der Waals surface area contributed by atoms with E-state index in [0.717, 1.165) is 39.8 Å². The fraction of sp³-hybridized carbons (Fsp3) is 0.333. The maximum Gasteiger partial charge on any atom is 0.318 e. The Morgan fingerprint density at radius 3 is 2.40 bits per heavy atom. The number of aromatic nitrogens is 3. The number of nitrogens with zero attached hydrogens (tertiary/aromatic N) is 3. The highest BCUT2D eigenvalue weighted by molar-refractivity contribution is 6.37. The van der Waals surface area contributed by atoms with Gasteiger partial charge in [-0.1, -0.05) is 68.3 Å². The second-order valence-electron chi connectivity index (χ2n) is 10.8. The fourth-order valence-electron chi connectivity index (χ4n) is 4.95. The van der Waals surface area contributed by atoms with Crippen molar-refractivity contribution in [3.8, 4) is 0 Å². The van der Waals surface area contributed by atoms with Crippen LogP contribution in [0.15, 0.2) is 73.1 Å². The summed E-state index contributed by atoms with van der Waals surface area (Å²) >= 11 is 0. The number of hydrogen-bond acceptors (Lipinski definition) is 6. The molecule has 0 unspecified atom stereocenters. The Balaban J connectivity index is 1.57. The molecular weight excluding hydrogens is 574 g/mol. The van der Waals surface area contributed by atoms with Gasteiger partial charge in [0, 0.05) is 49.9 Å². The van der Waals surface area contributed by atoms with E-state index in [2.05, 4.69) is 26.0 Å². The number of imide groups is 1. The van der Waals surface area contributed by atoms with Gasteiger partial charge in [0.05, 0.1) is 0 Å². The molecule has 2 heterocycles. The van der Waals surface area contributed by atoms with Gasteiger partial charge in [0.25, 0.3) is 11.8 Å². The lowest BCUT2D eigenvalue weighted by molar-refractivity contribution is -0.154. The molecule has 0 saturated heterocycles. The Morgan fingerprint density at radius 2 is 1.69 bits per heavy atom. The zero-order valence-electron chi connectivity index (χ0n) is 25.7. The summed E-state index contributed by atoms with van der Waals surface area (Å²) in [5.41, 5.74) is 2.65. The summed E-state index contributed by atoms with van der Waals surface area (Å²) in [6, 6.07) is 15.9. The molecule has 45 heavy (non-hydrogen) atoms. The summed E-state index contributed by atoms with van der Waals surface area (Å²) < 4.78 is 1.38. The third-order valence-electron chi connectivity index (χ3n) is 7.49. The zero-order valence-corrected chi connectivity index (χ0v) is 25.7. The highest BCUT2D eigenvalue weighted by atomic mass is 16.2. The SMILES string of the molecule is CCCCCN(C(=O)C(=O)NCc1ccccc1)C(=O)[C@H](Cc1c[nH]c2ccccc12)NC(=O)[C@H](C)NC(=O)c1ccnn1C. The van der Waals surface area contributed by atoms with Crippen LogP contribution in [0.1, 0.15) is 54.7 Å². The number of nitrogens with one attached hydrogen (secondary N) is 4. The van der Waals surface area contributed by atoms with Crippen molar-refractivity contribution < 1.29 is 24.0 Å². The summed E-state index contributed by atoms with van der Waals surface area (Å²) in [5, 5.41) is 12.8. The molecule has 2 aromatic carbocycles. The van der Waals surface area contributed by atoms with Crippen LogP contribution in [0.2, 0.25) is 0 Å². The Kier molecular flexibility index (Phi) is 11.2. The van der Waals surface area contributed by atoms with Crippen LogP contribution in [0.4, 0.5) is 0 Å². The average molecular weight is 614 g/mol. The normalized spacial score (nSPS) is 12.2. The third kappa shape index (κ3) is 8.43. The maximum atomic E-state index is 14.1. The maximum absolute atomic E-state index is 14.1. The summed E-state index contributed by atoms with van der Waals surface area (Å²) in [5.74, 6) is -3.77. The van der Waals surface area contributed by atoms with Crippen molar-refractivity contribution in [1.82, 2.24) is 35.6 Å². The van der Waals surface area contributed by atoms with Crippen LogP contribution in [-0.4, -0.2) is 67.8 Å². The van der Waals surface area contributed by atoms with Crippen molar-refractivity contribution in [3.05, 3.63) is 89.9 Å². The van der Waals surface area contributed by atoms with Crippen molar-refractivity contribution in [2.75, 3.05) is 6.54 Å². The Labute approximate surface area is 261 Å². The van der Waals surface area contributed by atoms with Gasteiger partial charge in [-0.15, -0.1) is 0 Å². The van der Waals surface area contributed by atoms with E-state index in [-0.39, 0.29) is 25.2 Å². The van der Waals surface area contributed by atoms with Crippen molar-refractivity contribution >= 4 is 40.4 Å². The minimum Gasteiger partial charge on any atom is -0.361 e. The molecule has 0 spiro atoms. The molecule has 2 atom stereocenters. The number of aromatic amines is 1. The van der Waals surface area contributed by atoms with Crippen LogP contribution in [-0.2, 0) is 39.2 Å². The highest BCUT2D eigenvalue weighted by Gasteiger charge is 2.34. The summed E-state index contributed by atoms with van der Waals surface area (Å²) in [7, 11) is 1.61. The number of unbranched alkanes of at least 4 members (excludes halogenated alkanes) is 2. The molecule has 0 saturated carbocycles. The standard InChI is InChI=1S/C33H39N7O5/c1-4-5-11-18-40(33(45)31(43)35-20-23-12-7-6-8-13-23)32(44)27(19-24-21-34-26-15-10-9-14-25(24)26)38-29(41)22(2)37-30(42)28-16-17-36-39(28)3/h6-10,12-17,21-22,27,34H,4-5,11,18-20H2,1-3H3,(H,35,43)(H,37,42)(H,38,41)/t22-,27-/m0/s1. The van der Waals surface area contributed by atoms with E-state index in [1.807, 2.05) is 61.5 Å². The van der Waals surface area contributed by atoms with E-state index >= 15 is 0 Å². The predicted octanol–water partition coefficient (Wildman–Crippen LogP) is 2.61. The highest BCUT2D eigenvalue weighted by Crippen LogP contribution is 2.20. The van der Waals surface area contributed by atoms with E-state index in [1.54, 1.807) is 13.2 Å². The molecule has 0 aliphatic rings. The number of amides is 5. The van der Waals surface area contributed by atoms with Gasteiger partial charge in [0.15, 0.2) is 0 Å². The molecule has 2 aromatic heterocycles. The number of benzene rings is 2. The quantitative estimate of drug-likeness (QED) is 0.134. The first-order valence-electron chi connectivity index (χ1n) is 15.0. The van der Waals surface area contributed by atoms with Crippen LogP contribution in [0.25, 0.3) is 10.9 Å². The van der Waals surface area contributed by atoms with E-state index in [1.165, 1.54) is 23.9 Å². The van der Waals surface area contributed by atoms with Crippen LogP contribution >= 0.6 is 0 Å². The van der Waals surface area contributed by atoms with Gasteiger partial charge in [0.1, 0.15) is 17.8 Å². The summed E-state index contributed by atoms with van der Waals surface area (Å²) in [6.07, 6.45) is 5.32. The summed E-state index contributed by atoms with van der Waals surface area (Å²) in [6.45, 7) is 3.61. The second kappa shape index (κ2) is 15.5. The number of H-pyrrole nitrogens is 1. The lowest BCUT2D eigenvalue weighted by atomic mass is 10.0. The smallest absolute Gasteiger partial charge is 0.318 e. The van der Waals surface area contributed by atoms with Gasteiger partial charge in [-0.25, -0.2) is 0 Å². The van der Waals surface area contributed by atoms with E-state index in [4.69, 9.17) is 0 Å². The lowest BCUT2D eigenvalue weighted by Gasteiger charge is -2.27. The first-order valence-corrected chi connectivity index (χ1v) is 15.0. The van der Waals surface area contributed by atoms with Crippen molar-refractivity contribution in [2.24, 2.45) is 7.05 Å². The van der Waals surface area contributed by atoms with Crippen molar-refractivity contribution in [1.29, 1.82) is 0 Å². The lowest BCUT2D eigenvalue weighted by Crippen LogP contribution is -2.57.